The van der Waals surface area contributed by atoms with Crippen molar-refractivity contribution < 1.29 is 10.2 Å². The molecule has 3 heteroatoms. The van der Waals surface area contributed by atoms with Crippen molar-refractivity contribution in [2.45, 2.75) is 13.0 Å². The highest BCUT2D eigenvalue weighted by Gasteiger charge is 2.04. The number of hydrogen-bond donors (Lipinski definition) is 2. The molecule has 0 aliphatic rings. The topological polar surface area (TPSA) is 53.4 Å². The van der Waals surface area contributed by atoms with Gasteiger partial charge in [-0.05, 0) is 13.0 Å². The van der Waals surface area contributed by atoms with E-state index in [9.17, 15) is 0 Å². The Morgan fingerprint density at radius 3 is 2.73 bits per heavy atom. The minimum Gasteiger partial charge on any atom is -0.393 e. The fourth-order valence-corrected chi connectivity index (χ4v) is 0.782. The van der Waals surface area contributed by atoms with E-state index in [-0.39, 0.29) is 6.61 Å². The summed E-state index contributed by atoms with van der Waals surface area (Å²) < 4.78 is 0. The number of aromatic nitrogens is 1. The normalized spacial score (nSPS) is 13.0. The second-order valence-electron chi connectivity index (χ2n) is 2.43. The van der Waals surface area contributed by atoms with Crippen molar-refractivity contribution in [2.75, 3.05) is 6.61 Å². The molecule has 0 aromatic carbocycles. The zero-order valence-electron chi connectivity index (χ0n) is 6.36. The van der Waals surface area contributed by atoms with Gasteiger partial charge in [0.05, 0.1) is 6.61 Å². The predicted octanol–water partition coefficient (Wildman–Crippen LogP) is 0.416. The van der Waals surface area contributed by atoms with Crippen LogP contribution in [0.25, 0.3) is 0 Å². The molecule has 2 N–H and O–H groups in total. The van der Waals surface area contributed by atoms with E-state index in [0.717, 1.165) is 5.69 Å². The van der Waals surface area contributed by atoms with Crippen molar-refractivity contribution in [3.05, 3.63) is 29.6 Å². The third-order valence-corrected chi connectivity index (χ3v) is 1.49. The minimum absolute atomic E-state index is 0.259. The van der Waals surface area contributed by atoms with Crippen molar-refractivity contribution in [3.63, 3.8) is 0 Å². The number of aliphatic hydroxyl groups excluding tert-OH is 2. The third-order valence-electron chi connectivity index (χ3n) is 1.49. The average molecular weight is 153 g/mol. The fourth-order valence-electron chi connectivity index (χ4n) is 0.782. The number of rotatable bonds is 2. The number of hydrogen-bond acceptors (Lipinski definition) is 3. The van der Waals surface area contributed by atoms with Crippen molar-refractivity contribution in [1.29, 1.82) is 0 Å². The molecule has 1 rings (SSSR count). The molecule has 0 spiro atoms. The molecule has 1 heterocycles. The standard InChI is InChI=1S/C8H11NO2/c1-6-2-3-7(4-9-6)8(11)5-10/h2-4,8,10-11H,5H2,1H3/t8-/m0/s1. The molecular weight excluding hydrogens is 142 g/mol. The van der Waals surface area contributed by atoms with Gasteiger partial charge in [0, 0.05) is 17.5 Å². The third kappa shape index (κ3) is 2.00. The second kappa shape index (κ2) is 3.46. The molecule has 0 aliphatic carbocycles. The Balaban J connectivity index is 2.81. The zero-order chi connectivity index (χ0) is 8.27. The zero-order valence-corrected chi connectivity index (χ0v) is 6.36. The lowest BCUT2D eigenvalue weighted by Gasteiger charge is -2.05. The summed E-state index contributed by atoms with van der Waals surface area (Å²) in [5.41, 5.74) is 1.55. The van der Waals surface area contributed by atoms with Crippen LogP contribution < -0.4 is 0 Å². The van der Waals surface area contributed by atoms with Gasteiger partial charge in [-0.2, -0.15) is 0 Å². The number of aliphatic hydroxyl groups is 2. The van der Waals surface area contributed by atoms with E-state index >= 15 is 0 Å². The van der Waals surface area contributed by atoms with E-state index < -0.39 is 6.10 Å². The van der Waals surface area contributed by atoms with Gasteiger partial charge >= 0.3 is 0 Å². The molecule has 11 heavy (non-hydrogen) atoms. The monoisotopic (exact) mass is 153 g/mol. The molecule has 0 saturated heterocycles. The van der Waals surface area contributed by atoms with Gasteiger partial charge < -0.3 is 10.2 Å². The lowest BCUT2D eigenvalue weighted by Crippen LogP contribution is -2.02. The summed E-state index contributed by atoms with van der Waals surface area (Å²) in [4.78, 5) is 3.98. The SMILES string of the molecule is Cc1ccc([C@@H](O)CO)cn1. The summed E-state index contributed by atoms with van der Waals surface area (Å²) in [5.74, 6) is 0. The molecule has 60 valence electrons. The maximum atomic E-state index is 9.13. The highest BCUT2D eigenvalue weighted by atomic mass is 16.3. The van der Waals surface area contributed by atoms with Gasteiger partial charge in [-0.1, -0.05) is 6.07 Å². The van der Waals surface area contributed by atoms with E-state index in [4.69, 9.17) is 10.2 Å². The molecule has 3 nitrogen and oxygen atoms in total. The molecular formula is C8H11NO2. The Bertz CT molecular complexity index is 220. The smallest absolute Gasteiger partial charge is 0.104 e. The quantitative estimate of drug-likeness (QED) is 0.647. The number of pyridine rings is 1. The van der Waals surface area contributed by atoms with Gasteiger partial charge in [0.2, 0.25) is 0 Å². The first-order valence-electron chi connectivity index (χ1n) is 3.45. The van der Waals surface area contributed by atoms with Crippen LogP contribution in [-0.2, 0) is 0 Å². The summed E-state index contributed by atoms with van der Waals surface area (Å²) in [7, 11) is 0. The summed E-state index contributed by atoms with van der Waals surface area (Å²) in [6, 6.07) is 3.55. The first-order chi connectivity index (χ1) is 5.24. The van der Waals surface area contributed by atoms with Crippen LogP contribution in [0.3, 0.4) is 0 Å². The Kier molecular flexibility index (Phi) is 2.57. The number of aryl methyl sites for hydroxylation is 1. The predicted molar refractivity (Wildman–Crippen MR) is 41.0 cm³/mol. The summed E-state index contributed by atoms with van der Waals surface area (Å²) >= 11 is 0. The molecule has 1 atom stereocenters. The molecule has 0 saturated carbocycles. The van der Waals surface area contributed by atoms with Crippen LogP contribution in [0.15, 0.2) is 18.3 Å². The summed E-state index contributed by atoms with van der Waals surface area (Å²) in [6.45, 7) is 1.61. The largest absolute Gasteiger partial charge is 0.393 e. The van der Waals surface area contributed by atoms with Crippen LogP contribution in [0, 0.1) is 6.92 Å². The summed E-state index contributed by atoms with van der Waals surface area (Å²) in [5, 5.41) is 17.7. The Hall–Kier alpha value is -0.930. The van der Waals surface area contributed by atoms with E-state index in [1.54, 1.807) is 18.3 Å². The van der Waals surface area contributed by atoms with E-state index in [1.807, 2.05) is 6.92 Å². The fraction of sp³-hybridized carbons (Fsp3) is 0.375. The van der Waals surface area contributed by atoms with Gasteiger partial charge in [-0.3, -0.25) is 4.98 Å². The second-order valence-corrected chi connectivity index (χ2v) is 2.43. The van der Waals surface area contributed by atoms with Gasteiger partial charge in [0.25, 0.3) is 0 Å². The molecule has 0 fully saturated rings. The highest BCUT2D eigenvalue weighted by molar-refractivity contribution is 5.15. The van der Waals surface area contributed by atoms with Crippen LogP contribution in [0.4, 0.5) is 0 Å². The van der Waals surface area contributed by atoms with Gasteiger partial charge in [-0.25, -0.2) is 0 Å². The molecule has 1 aromatic heterocycles. The molecule has 0 amide bonds. The molecule has 0 unspecified atom stereocenters. The Morgan fingerprint density at radius 1 is 1.55 bits per heavy atom. The first-order valence-corrected chi connectivity index (χ1v) is 3.45. The maximum absolute atomic E-state index is 9.13. The lowest BCUT2D eigenvalue weighted by molar-refractivity contribution is 0.0953. The van der Waals surface area contributed by atoms with E-state index in [0.29, 0.717) is 5.56 Å². The van der Waals surface area contributed by atoms with Crippen LogP contribution >= 0.6 is 0 Å². The molecule has 0 radical (unpaired) electrons. The number of nitrogens with zero attached hydrogens (tertiary/aromatic N) is 1. The van der Waals surface area contributed by atoms with Crippen molar-refractivity contribution >= 4 is 0 Å². The lowest BCUT2D eigenvalue weighted by atomic mass is 10.2. The first kappa shape index (κ1) is 8.17. The maximum Gasteiger partial charge on any atom is 0.104 e. The Morgan fingerprint density at radius 2 is 2.27 bits per heavy atom. The Labute approximate surface area is 65.3 Å². The van der Waals surface area contributed by atoms with Crippen molar-refractivity contribution in [2.24, 2.45) is 0 Å². The van der Waals surface area contributed by atoms with Crippen LogP contribution in [0.1, 0.15) is 17.4 Å². The van der Waals surface area contributed by atoms with Crippen LogP contribution in [-0.4, -0.2) is 21.8 Å². The van der Waals surface area contributed by atoms with Crippen LogP contribution in [0.5, 0.6) is 0 Å². The molecule has 0 aliphatic heterocycles. The van der Waals surface area contributed by atoms with E-state index in [2.05, 4.69) is 4.98 Å². The minimum atomic E-state index is -0.803. The molecule has 0 bridgehead atoms. The summed E-state index contributed by atoms with van der Waals surface area (Å²) in [6.07, 6.45) is 0.763. The average Bonchev–Trinajstić information content (AvgIpc) is 2.05. The van der Waals surface area contributed by atoms with Crippen molar-refractivity contribution in [3.8, 4) is 0 Å². The van der Waals surface area contributed by atoms with Crippen molar-refractivity contribution in [1.82, 2.24) is 4.98 Å². The van der Waals surface area contributed by atoms with E-state index in [1.165, 1.54) is 0 Å². The molecule has 1 aromatic rings. The highest BCUT2D eigenvalue weighted by Crippen LogP contribution is 2.09. The van der Waals surface area contributed by atoms with Crippen LogP contribution in [0.2, 0.25) is 0 Å². The van der Waals surface area contributed by atoms with Gasteiger partial charge in [-0.15, -0.1) is 0 Å². The van der Waals surface area contributed by atoms with Gasteiger partial charge in [0.1, 0.15) is 6.10 Å². The van der Waals surface area contributed by atoms with Gasteiger partial charge in [0.15, 0.2) is 0 Å².